The Morgan fingerprint density at radius 2 is 2.00 bits per heavy atom. The van der Waals surface area contributed by atoms with E-state index in [0.717, 1.165) is 42.9 Å². The molecule has 118 valence electrons. The van der Waals surface area contributed by atoms with E-state index in [1.54, 1.807) is 10.6 Å². The van der Waals surface area contributed by atoms with Gasteiger partial charge in [-0.25, -0.2) is 13.4 Å². The maximum absolute atomic E-state index is 12.7. The maximum Gasteiger partial charge on any atom is 0.255 e. The van der Waals surface area contributed by atoms with Crippen LogP contribution in [0.25, 0.3) is 11.0 Å². The van der Waals surface area contributed by atoms with Gasteiger partial charge in [0, 0.05) is 29.4 Å². The average Bonchev–Trinajstić information content (AvgIpc) is 2.98. The molecule has 0 spiro atoms. The Bertz CT molecular complexity index is 881. The van der Waals surface area contributed by atoms with Gasteiger partial charge in [-0.2, -0.15) is 4.98 Å². The molecule has 0 radical (unpaired) electrons. The molecule has 7 heteroatoms. The minimum Gasteiger partial charge on any atom is -0.289 e. The van der Waals surface area contributed by atoms with E-state index in [1.807, 2.05) is 6.92 Å². The van der Waals surface area contributed by atoms with Crippen molar-refractivity contribution in [2.75, 3.05) is 6.26 Å². The zero-order valence-electron chi connectivity index (χ0n) is 12.7. The zero-order chi connectivity index (χ0) is 15.9. The molecule has 0 unspecified atom stereocenters. The summed E-state index contributed by atoms with van der Waals surface area (Å²) in [5.41, 5.74) is 1.10. The van der Waals surface area contributed by atoms with Crippen LogP contribution in [0.3, 0.4) is 0 Å². The van der Waals surface area contributed by atoms with Crippen molar-refractivity contribution in [3.63, 3.8) is 0 Å². The average molecular weight is 321 g/mol. The van der Waals surface area contributed by atoms with E-state index in [0.29, 0.717) is 12.1 Å². The van der Waals surface area contributed by atoms with Crippen molar-refractivity contribution in [3.8, 4) is 0 Å². The minimum absolute atomic E-state index is 0.0555. The van der Waals surface area contributed by atoms with Crippen LogP contribution in [0.15, 0.2) is 22.2 Å². The van der Waals surface area contributed by atoms with Gasteiger partial charge in [-0.05, 0) is 25.3 Å². The van der Waals surface area contributed by atoms with Crippen molar-refractivity contribution in [3.05, 3.63) is 28.2 Å². The highest BCUT2D eigenvalue weighted by atomic mass is 32.2. The fourth-order valence-corrected chi connectivity index (χ4v) is 3.59. The van der Waals surface area contributed by atoms with Gasteiger partial charge in [-0.3, -0.25) is 9.36 Å². The summed E-state index contributed by atoms with van der Waals surface area (Å²) < 4.78 is 25.1. The number of hydrogen-bond acceptors (Lipinski definition) is 5. The summed E-state index contributed by atoms with van der Waals surface area (Å²) >= 11 is 0. The van der Waals surface area contributed by atoms with Crippen LogP contribution >= 0.6 is 0 Å². The van der Waals surface area contributed by atoms with Gasteiger partial charge < -0.3 is 0 Å². The first-order valence-electron chi connectivity index (χ1n) is 7.53. The molecular weight excluding hydrogens is 302 g/mol. The predicted octanol–water partition coefficient (Wildman–Crippen LogP) is 1.87. The first-order chi connectivity index (χ1) is 10.4. The van der Waals surface area contributed by atoms with E-state index in [1.165, 1.54) is 6.20 Å². The fraction of sp³-hybridized carbons (Fsp3) is 0.533. The standard InChI is InChI=1S/C15H19N3O3S/c1-3-10-8-11-9-16-15(22(2,20)21)17-13(11)18(14(10)19)12-6-4-5-7-12/h8-9,12H,3-7H2,1-2H3. The van der Waals surface area contributed by atoms with Gasteiger partial charge in [0.2, 0.25) is 15.0 Å². The molecule has 0 amide bonds. The summed E-state index contributed by atoms with van der Waals surface area (Å²) in [4.78, 5) is 20.8. The zero-order valence-corrected chi connectivity index (χ0v) is 13.6. The summed E-state index contributed by atoms with van der Waals surface area (Å²) in [6.45, 7) is 1.94. The third-order valence-corrected chi connectivity index (χ3v) is 5.09. The van der Waals surface area contributed by atoms with E-state index in [-0.39, 0.29) is 16.8 Å². The van der Waals surface area contributed by atoms with Gasteiger partial charge >= 0.3 is 0 Å². The van der Waals surface area contributed by atoms with Gasteiger partial charge in [0.15, 0.2) is 0 Å². The molecule has 0 aromatic carbocycles. The minimum atomic E-state index is -3.50. The Morgan fingerprint density at radius 3 is 2.59 bits per heavy atom. The SMILES string of the molecule is CCc1cc2cnc(S(C)(=O)=O)nc2n(C2CCCC2)c1=O. The first kappa shape index (κ1) is 15.1. The van der Waals surface area contributed by atoms with Crippen molar-refractivity contribution in [1.82, 2.24) is 14.5 Å². The number of hydrogen-bond donors (Lipinski definition) is 0. The lowest BCUT2D eigenvalue weighted by Crippen LogP contribution is -2.27. The first-order valence-corrected chi connectivity index (χ1v) is 9.42. The summed E-state index contributed by atoms with van der Waals surface area (Å²) in [5, 5.41) is 0.492. The van der Waals surface area contributed by atoms with Crippen molar-refractivity contribution in [1.29, 1.82) is 0 Å². The van der Waals surface area contributed by atoms with Crippen LogP contribution in [-0.2, 0) is 16.3 Å². The molecule has 1 aliphatic carbocycles. The molecule has 1 saturated carbocycles. The van der Waals surface area contributed by atoms with Crippen LogP contribution in [0, 0.1) is 0 Å². The second-order valence-corrected chi connectivity index (χ2v) is 7.75. The van der Waals surface area contributed by atoms with E-state index in [4.69, 9.17) is 0 Å². The molecule has 1 fully saturated rings. The molecule has 22 heavy (non-hydrogen) atoms. The number of pyridine rings is 1. The normalized spacial score (nSPS) is 16.5. The lowest BCUT2D eigenvalue weighted by atomic mass is 10.1. The van der Waals surface area contributed by atoms with Gasteiger partial charge in [0.1, 0.15) is 5.65 Å². The van der Waals surface area contributed by atoms with Crippen molar-refractivity contribution >= 4 is 20.9 Å². The summed E-state index contributed by atoms with van der Waals surface area (Å²) in [6, 6.07) is 1.87. The van der Waals surface area contributed by atoms with Gasteiger partial charge in [0.25, 0.3) is 5.56 Å². The smallest absolute Gasteiger partial charge is 0.255 e. The number of aromatic nitrogens is 3. The summed E-state index contributed by atoms with van der Waals surface area (Å²) in [6.07, 6.45) is 7.24. The van der Waals surface area contributed by atoms with Crippen LogP contribution in [0.4, 0.5) is 0 Å². The Hall–Kier alpha value is -1.76. The van der Waals surface area contributed by atoms with Crippen molar-refractivity contribution < 1.29 is 8.42 Å². The number of sulfone groups is 1. The van der Waals surface area contributed by atoms with Crippen molar-refractivity contribution in [2.45, 2.75) is 50.2 Å². The molecule has 0 atom stereocenters. The maximum atomic E-state index is 12.7. The highest BCUT2D eigenvalue weighted by molar-refractivity contribution is 7.90. The number of nitrogens with zero attached hydrogens (tertiary/aromatic N) is 3. The third kappa shape index (κ3) is 2.54. The lowest BCUT2D eigenvalue weighted by molar-refractivity contribution is 0.511. The Labute approximate surface area is 129 Å². The van der Waals surface area contributed by atoms with E-state index < -0.39 is 9.84 Å². The molecular formula is C15H19N3O3S. The molecule has 0 bridgehead atoms. The molecule has 0 saturated heterocycles. The van der Waals surface area contributed by atoms with Gasteiger partial charge in [-0.15, -0.1) is 0 Å². The molecule has 6 nitrogen and oxygen atoms in total. The Morgan fingerprint density at radius 1 is 1.32 bits per heavy atom. The van der Waals surface area contributed by atoms with E-state index in [2.05, 4.69) is 9.97 Å². The van der Waals surface area contributed by atoms with Gasteiger partial charge in [-0.1, -0.05) is 19.8 Å². The quantitative estimate of drug-likeness (QED) is 0.806. The van der Waals surface area contributed by atoms with Crippen LogP contribution in [0.1, 0.15) is 44.2 Å². The Balaban J connectivity index is 2.35. The molecule has 2 aromatic rings. The van der Waals surface area contributed by atoms with Crippen molar-refractivity contribution in [2.24, 2.45) is 0 Å². The fourth-order valence-electron chi connectivity index (χ4n) is 3.09. The highest BCUT2D eigenvalue weighted by Crippen LogP contribution is 2.30. The second kappa shape index (κ2) is 5.46. The van der Waals surface area contributed by atoms with E-state index >= 15 is 0 Å². The molecule has 1 aliphatic rings. The second-order valence-electron chi connectivity index (χ2n) is 5.84. The third-order valence-electron chi connectivity index (χ3n) is 4.23. The topological polar surface area (TPSA) is 81.9 Å². The monoisotopic (exact) mass is 321 g/mol. The molecule has 0 aliphatic heterocycles. The number of aryl methyl sites for hydroxylation is 1. The largest absolute Gasteiger partial charge is 0.289 e. The van der Waals surface area contributed by atoms with Crippen LogP contribution in [-0.4, -0.2) is 29.2 Å². The predicted molar refractivity (Wildman–Crippen MR) is 83.8 cm³/mol. The van der Waals surface area contributed by atoms with Gasteiger partial charge in [0.05, 0.1) is 0 Å². The number of rotatable bonds is 3. The number of fused-ring (bicyclic) bond motifs is 1. The lowest BCUT2D eigenvalue weighted by Gasteiger charge is -2.17. The van der Waals surface area contributed by atoms with Crippen LogP contribution < -0.4 is 5.56 Å². The molecule has 0 N–H and O–H groups in total. The van der Waals surface area contributed by atoms with E-state index in [9.17, 15) is 13.2 Å². The Kier molecular flexibility index (Phi) is 3.76. The summed E-state index contributed by atoms with van der Waals surface area (Å²) in [7, 11) is -3.50. The van der Waals surface area contributed by atoms with Crippen LogP contribution in [0.5, 0.6) is 0 Å². The van der Waals surface area contributed by atoms with Crippen LogP contribution in [0.2, 0.25) is 0 Å². The molecule has 2 heterocycles. The summed E-state index contributed by atoms with van der Waals surface area (Å²) in [5.74, 6) is 0. The molecule has 3 rings (SSSR count). The molecule has 2 aromatic heterocycles. The highest BCUT2D eigenvalue weighted by Gasteiger charge is 2.23.